The highest BCUT2D eigenvalue weighted by Gasteiger charge is 2.04. The molecule has 1 amide bonds. The lowest BCUT2D eigenvalue weighted by Crippen LogP contribution is -2.24. The molecule has 2 rings (SSSR count). The lowest BCUT2D eigenvalue weighted by atomic mass is 9.99. The topological polar surface area (TPSA) is 55.6 Å². The monoisotopic (exact) mass is 313 g/mol. The normalized spacial score (nSPS) is 12.3. The van der Waals surface area contributed by atoms with Crippen LogP contribution in [0.1, 0.15) is 37.4 Å². The summed E-state index contributed by atoms with van der Waals surface area (Å²) >= 11 is 0. The molecule has 0 fully saturated rings. The van der Waals surface area contributed by atoms with E-state index in [1.807, 2.05) is 54.2 Å². The van der Waals surface area contributed by atoms with E-state index in [0.717, 1.165) is 12.1 Å². The van der Waals surface area contributed by atoms with Crippen molar-refractivity contribution in [3.8, 4) is 5.75 Å². The SMILES string of the molecule is CC[C@@H](C)c1ccc(OCC(=O)NN=Cc2cccn2C)cc1. The van der Waals surface area contributed by atoms with Crippen molar-refractivity contribution >= 4 is 12.1 Å². The standard InChI is InChI=1S/C18H23N3O2/c1-4-14(2)15-7-9-17(10-8-15)23-13-18(22)20-19-12-16-6-5-11-21(16)3/h5-12,14H,4,13H2,1-3H3,(H,20,22)/t14-/m1/s1. The minimum Gasteiger partial charge on any atom is -0.484 e. The first-order valence-electron chi connectivity index (χ1n) is 7.76. The first-order valence-corrected chi connectivity index (χ1v) is 7.76. The highest BCUT2D eigenvalue weighted by atomic mass is 16.5. The van der Waals surface area contributed by atoms with Gasteiger partial charge in [0, 0.05) is 13.2 Å². The Morgan fingerprint density at radius 2 is 2.09 bits per heavy atom. The lowest BCUT2D eigenvalue weighted by molar-refractivity contribution is -0.123. The van der Waals surface area contributed by atoms with E-state index >= 15 is 0 Å². The predicted molar refractivity (Wildman–Crippen MR) is 91.8 cm³/mol. The Hall–Kier alpha value is -2.56. The third-order valence-electron chi connectivity index (χ3n) is 3.80. The van der Waals surface area contributed by atoms with Gasteiger partial charge >= 0.3 is 0 Å². The van der Waals surface area contributed by atoms with Crippen LogP contribution in [0.15, 0.2) is 47.7 Å². The van der Waals surface area contributed by atoms with E-state index in [9.17, 15) is 4.79 Å². The second-order valence-electron chi connectivity index (χ2n) is 5.50. The van der Waals surface area contributed by atoms with Crippen molar-refractivity contribution in [2.24, 2.45) is 12.1 Å². The number of carbonyl (C=O) groups excluding carboxylic acids is 1. The van der Waals surface area contributed by atoms with E-state index < -0.39 is 0 Å². The van der Waals surface area contributed by atoms with Gasteiger partial charge in [-0.25, -0.2) is 5.43 Å². The summed E-state index contributed by atoms with van der Waals surface area (Å²) in [5, 5.41) is 3.91. The molecule has 5 heteroatoms. The molecule has 0 spiro atoms. The molecule has 5 nitrogen and oxygen atoms in total. The molecule has 0 aliphatic carbocycles. The number of rotatable bonds is 7. The number of hydrogen-bond donors (Lipinski definition) is 1. The van der Waals surface area contributed by atoms with Crippen LogP contribution in [0, 0.1) is 0 Å². The molecule has 2 aromatic rings. The summed E-state index contributed by atoms with van der Waals surface area (Å²) in [6.07, 6.45) is 4.61. The van der Waals surface area contributed by atoms with Crippen LogP contribution in [0.4, 0.5) is 0 Å². The van der Waals surface area contributed by atoms with Crippen molar-refractivity contribution in [1.29, 1.82) is 0 Å². The van der Waals surface area contributed by atoms with Gasteiger partial charge in [0.1, 0.15) is 5.75 Å². The van der Waals surface area contributed by atoms with Crippen LogP contribution >= 0.6 is 0 Å². The largest absolute Gasteiger partial charge is 0.484 e. The molecule has 1 heterocycles. The molecule has 23 heavy (non-hydrogen) atoms. The van der Waals surface area contributed by atoms with Crippen molar-refractivity contribution in [2.45, 2.75) is 26.2 Å². The summed E-state index contributed by atoms with van der Waals surface area (Å²) in [4.78, 5) is 11.7. The van der Waals surface area contributed by atoms with Crippen LogP contribution in [0.3, 0.4) is 0 Å². The number of hydrogen-bond acceptors (Lipinski definition) is 3. The highest BCUT2D eigenvalue weighted by molar-refractivity contribution is 5.81. The number of nitrogens with one attached hydrogen (secondary N) is 1. The zero-order valence-corrected chi connectivity index (χ0v) is 13.8. The zero-order chi connectivity index (χ0) is 16.7. The van der Waals surface area contributed by atoms with Crippen molar-refractivity contribution in [3.63, 3.8) is 0 Å². The Bertz CT molecular complexity index is 659. The number of nitrogens with zero attached hydrogens (tertiary/aromatic N) is 2. The van der Waals surface area contributed by atoms with E-state index in [1.54, 1.807) is 6.21 Å². The second-order valence-corrected chi connectivity index (χ2v) is 5.50. The van der Waals surface area contributed by atoms with Gasteiger partial charge in [-0.3, -0.25) is 4.79 Å². The number of hydrazone groups is 1. The Kier molecular flexibility index (Phi) is 5.97. The van der Waals surface area contributed by atoms with Gasteiger partial charge in [-0.2, -0.15) is 5.10 Å². The number of benzene rings is 1. The number of ether oxygens (including phenoxy) is 1. The summed E-state index contributed by atoms with van der Waals surface area (Å²) in [6.45, 7) is 4.29. The van der Waals surface area contributed by atoms with Crippen LogP contribution in [0.2, 0.25) is 0 Å². The van der Waals surface area contributed by atoms with Crippen LogP contribution in [0.5, 0.6) is 5.75 Å². The molecule has 0 bridgehead atoms. The first-order chi connectivity index (χ1) is 11.1. The Labute approximate surface area is 137 Å². The van der Waals surface area contributed by atoms with Crippen LogP contribution in [0.25, 0.3) is 0 Å². The second kappa shape index (κ2) is 8.17. The number of amides is 1. The summed E-state index contributed by atoms with van der Waals surface area (Å²) in [6, 6.07) is 11.7. The molecule has 0 unspecified atom stereocenters. The smallest absolute Gasteiger partial charge is 0.277 e. The molecule has 0 saturated carbocycles. The summed E-state index contributed by atoms with van der Waals surface area (Å²) in [5.41, 5.74) is 4.63. The zero-order valence-electron chi connectivity index (χ0n) is 13.8. The van der Waals surface area contributed by atoms with Crippen LogP contribution < -0.4 is 10.2 Å². The minimum absolute atomic E-state index is 0.0623. The fraction of sp³-hybridized carbons (Fsp3) is 0.333. The first kappa shape index (κ1) is 16.8. The van der Waals surface area contributed by atoms with Crippen molar-refractivity contribution in [3.05, 3.63) is 53.9 Å². The van der Waals surface area contributed by atoms with Crippen molar-refractivity contribution in [2.75, 3.05) is 6.61 Å². The lowest BCUT2D eigenvalue weighted by Gasteiger charge is -2.10. The fourth-order valence-corrected chi connectivity index (χ4v) is 2.09. The Balaban J connectivity index is 1.78. The molecule has 1 aromatic carbocycles. The third kappa shape index (κ3) is 4.98. The van der Waals surface area contributed by atoms with Gasteiger partial charge in [0.05, 0.1) is 11.9 Å². The van der Waals surface area contributed by atoms with Crippen molar-refractivity contribution in [1.82, 2.24) is 9.99 Å². The highest BCUT2D eigenvalue weighted by Crippen LogP contribution is 2.21. The Morgan fingerprint density at radius 1 is 1.35 bits per heavy atom. The average molecular weight is 313 g/mol. The van der Waals surface area contributed by atoms with Gasteiger partial charge in [0.2, 0.25) is 0 Å². The van der Waals surface area contributed by atoms with Gasteiger partial charge in [0.15, 0.2) is 6.61 Å². The van der Waals surface area contributed by atoms with E-state index in [4.69, 9.17) is 4.74 Å². The van der Waals surface area contributed by atoms with E-state index in [-0.39, 0.29) is 12.5 Å². The fourth-order valence-electron chi connectivity index (χ4n) is 2.09. The van der Waals surface area contributed by atoms with Gasteiger partial charge in [-0.05, 0) is 42.2 Å². The third-order valence-corrected chi connectivity index (χ3v) is 3.80. The molecule has 0 aliphatic heterocycles. The maximum atomic E-state index is 11.7. The van der Waals surface area contributed by atoms with Gasteiger partial charge in [0.25, 0.3) is 5.91 Å². The molecule has 122 valence electrons. The van der Waals surface area contributed by atoms with E-state index in [0.29, 0.717) is 11.7 Å². The molecule has 1 aromatic heterocycles. The maximum Gasteiger partial charge on any atom is 0.277 e. The molecular weight excluding hydrogens is 290 g/mol. The average Bonchev–Trinajstić information content (AvgIpc) is 2.98. The van der Waals surface area contributed by atoms with Crippen LogP contribution in [-0.2, 0) is 11.8 Å². The predicted octanol–water partition coefficient (Wildman–Crippen LogP) is 3.07. The summed E-state index contributed by atoms with van der Waals surface area (Å²) in [7, 11) is 1.91. The maximum absolute atomic E-state index is 11.7. The summed E-state index contributed by atoms with van der Waals surface area (Å²) < 4.78 is 7.36. The molecule has 0 saturated heterocycles. The molecule has 0 aliphatic rings. The Morgan fingerprint density at radius 3 is 2.70 bits per heavy atom. The summed E-state index contributed by atoms with van der Waals surface area (Å²) in [5.74, 6) is 0.916. The molecular formula is C18H23N3O2. The van der Waals surface area contributed by atoms with Gasteiger partial charge in [-0.15, -0.1) is 0 Å². The van der Waals surface area contributed by atoms with E-state index in [2.05, 4.69) is 24.4 Å². The van der Waals surface area contributed by atoms with Gasteiger partial charge < -0.3 is 9.30 Å². The molecule has 1 atom stereocenters. The number of aromatic nitrogens is 1. The molecule has 1 N–H and O–H groups in total. The number of carbonyl (C=O) groups is 1. The van der Waals surface area contributed by atoms with Crippen LogP contribution in [-0.4, -0.2) is 23.3 Å². The van der Waals surface area contributed by atoms with Crippen molar-refractivity contribution < 1.29 is 9.53 Å². The van der Waals surface area contributed by atoms with Gasteiger partial charge in [-0.1, -0.05) is 26.0 Å². The van der Waals surface area contributed by atoms with E-state index in [1.165, 1.54) is 5.56 Å². The minimum atomic E-state index is -0.290. The molecule has 0 radical (unpaired) electrons. The number of aryl methyl sites for hydroxylation is 1. The quantitative estimate of drug-likeness (QED) is 0.631.